The van der Waals surface area contributed by atoms with E-state index in [2.05, 4.69) is 16.7 Å². The molecule has 2 aromatic rings. The Morgan fingerprint density at radius 3 is 2.80 bits per heavy atom. The first kappa shape index (κ1) is 20.3. The van der Waals surface area contributed by atoms with Crippen molar-refractivity contribution in [2.24, 2.45) is 0 Å². The smallest absolute Gasteiger partial charge is 0.234 e. The monoisotopic (exact) mass is 439 g/mol. The number of halogens is 1. The SMILES string of the molecule is N#CC1=C(SCC(=O)Nc2ccc(Cl)cc2)NC2=C(C(=O)CCC2)[C@@H]1c1ccco1. The molecule has 1 aromatic heterocycles. The number of ketones is 1. The molecule has 152 valence electrons. The molecule has 1 aliphatic carbocycles. The Labute approximate surface area is 183 Å². The van der Waals surface area contributed by atoms with Gasteiger partial charge in [-0.25, -0.2) is 0 Å². The number of anilines is 1. The zero-order valence-electron chi connectivity index (χ0n) is 15.9. The molecule has 0 spiro atoms. The highest BCUT2D eigenvalue weighted by Crippen LogP contribution is 2.44. The molecule has 1 aliphatic heterocycles. The average molecular weight is 440 g/mol. The number of nitriles is 1. The van der Waals surface area contributed by atoms with E-state index in [1.807, 2.05) is 0 Å². The van der Waals surface area contributed by atoms with Crippen LogP contribution in [0, 0.1) is 11.3 Å². The molecule has 0 bridgehead atoms. The number of furan rings is 1. The number of carbonyl (C=O) groups is 2. The summed E-state index contributed by atoms with van der Waals surface area (Å²) in [5, 5.41) is 17.1. The molecule has 8 heteroatoms. The number of carbonyl (C=O) groups excluding carboxylic acids is 2. The molecular formula is C22H18ClN3O3S. The van der Waals surface area contributed by atoms with Gasteiger partial charge in [0.05, 0.1) is 34.6 Å². The number of amides is 1. The molecule has 2 heterocycles. The third kappa shape index (κ3) is 4.16. The van der Waals surface area contributed by atoms with Gasteiger partial charge >= 0.3 is 0 Å². The number of benzene rings is 1. The maximum atomic E-state index is 12.6. The van der Waals surface area contributed by atoms with E-state index in [9.17, 15) is 14.9 Å². The summed E-state index contributed by atoms with van der Waals surface area (Å²) in [4.78, 5) is 25.0. The number of hydrogen-bond acceptors (Lipinski definition) is 6. The van der Waals surface area contributed by atoms with Crippen molar-refractivity contribution >= 4 is 40.7 Å². The highest BCUT2D eigenvalue weighted by molar-refractivity contribution is 8.03. The Balaban J connectivity index is 1.56. The Morgan fingerprint density at radius 2 is 2.10 bits per heavy atom. The van der Waals surface area contributed by atoms with Gasteiger partial charge in [-0.15, -0.1) is 0 Å². The minimum atomic E-state index is -0.545. The first-order valence-electron chi connectivity index (χ1n) is 9.46. The van der Waals surface area contributed by atoms with Crippen LogP contribution in [0.4, 0.5) is 5.69 Å². The molecule has 1 aromatic carbocycles. The largest absolute Gasteiger partial charge is 0.468 e. The Kier molecular flexibility index (Phi) is 5.98. The maximum Gasteiger partial charge on any atom is 0.234 e. The second kappa shape index (κ2) is 8.82. The highest BCUT2D eigenvalue weighted by Gasteiger charge is 2.38. The molecular weight excluding hydrogens is 422 g/mol. The minimum absolute atomic E-state index is 0.0300. The minimum Gasteiger partial charge on any atom is -0.468 e. The number of thioether (sulfide) groups is 1. The van der Waals surface area contributed by atoms with E-state index >= 15 is 0 Å². The van der Waals surface area contributed by atoms with Crippen LogP contribution in [0.15, 0.2) is 69.0 Å². The standard InChI is InChI=1S/C22H18ClN3O3S/c23-13-6-8-14(9-7-13)25-19(28)12-30-22-15(11-24)20(18-5-2-10-29-18)21-16(26-22)3-1-4-17(21)27/h2,5-10,20,26H,1,3-4,12H2,(H,25,28)/t20-/m0/s1. The van der Waals surface area contributed by atoms with Crippen molar-refractivity contribution in [3.8, 4) is 6.07 Å². The molecule has 6 nitrogen and oxygen atoms in total. The summed E-state index contributed by atoms with van der Waals surface area (Å²) in [7, 11) is 0. The molecule has 30 heavy (non-hydrogen) atoms. The van der Waals surface area contributed by atoms with Crippen molar-refractivity contribution in [1.82, 2.24) is 5.32 Å². The van der Waals surface area contributed by atoms with Gasteiger partial charge in [0.15, 0.2) is 5.78 Å². The van der Waals surface area contributed by atoms with Crippen LogP contribution in [-0.2, 0) is 9.59 Å². The normalized spacial score (nSPS) is 18.5. The molecule has 1 atom stereocenters. The Bertz CT molecular complexity index is 1080. The third-order valence-corrected chi connectivity index (χ3v) is 6.24. The second-order valence-electron chi connectivity index (χ2n) is 6.94. The van der Waals surface area contributed by atoms with Crippen molar-refractivity contribution in [3.05, 3.63) is 75.3 Å². The molecule has 0 fully saturated rings. The summed E-state index contributed by atoms with van der Waals surface area (Å²) in [5.41, 5.74) is 2.45. The van der Waals surface area contributed by atoms with Gasteiger partial charge < -0.3 is 15.1 Å². The fraction of sp³-hybridized carbons (Fsp3) is 0.227. The van der Waals surface area contributed by atoms with Crippen molar-refractivity contribution in [1.29, 1.82) is 5.26 Å². The maximum absolute atomic E-state index is 12.6. The summed E-state index contributed by atoms with van der Waals surface area (Å²) in [6.45, 7) is 0. The number of dihydropyridines is 1. The van der Waals surface area contributed by atoms with Crippen LogP contribution in [0.1, 0.15) is 30.9 Å². The highest BCUT2D eigenvalue weighted by atomic mass is 35.5. The van der Waals surface area contributed by atoms with Crippen LogP contribution in [0.5, 0.6) is 0 Å². The van der Waals surface area contributed by atoms with Gasteiger partial charge in [-0.05, 0) is 49.2 Å². The van der Waals surface area contributed by atoms with Crippen molar-refractivity contribution in [2.75, 3.05) is 11.1 Å². The fourth-order valence-electron chi connectivity index (χ4n) is 3.65. The Hall–Kier alpha value is -2.95. The summed E-state index contributed by atoms with van der Waals surface area (Å²) in [6.07, 6.45) is 3.47. The lowest BCUT2D eigenvalue weighted by Crippen LogP contribution is -2.31. The fourth-order valence-corrected chi connectivity index (χ4v) is 4.63. The lowest BCUT2D eigenvalue weighted by atomic mass is 9.79. The summed E-state index contributed by atoms with van der Waals surface area (Å²) in [5.74, 6) is -0.0572. The summed E-state index contributed by atoms with van der Waals surface area (Å²) in [6, 6.07) is 12.6. The predicted octanol–water partition coefficient (Wildman–Crippen LogP) is 4.73. The van der Waals surface area contributed by atoms with E-state index in [1.165, 1.54) is 18.0 Å². The van der Waals surface area contributed by atoms with E-state index in [-0.39, 0.29) is 17.4 Å². The number of nitrogens with one attached hydrogen (secondary N) is 2. The van der Waals surface area contributed by atoms with Gasteiger partial charge in [0.25, 0.3) is 0 Å². The summed E-state index contributed by atoms with van der Waals surface area (Å²) >= 11 is 7.11. The van der Waals surface area contributed by atoms with Crippen LogP contribution < -0.4 is 10.6 Å². The molecule has 0 saturated carbocycles. The van der Waals surface area contributed by atoms with E-state index < -0.39 is 5.92 Å². The number of Topliss-reactive ketones (excluding diaryl/α,β-unsaturated/α-hetero) is 1. The van der Waals surface area contributed by atoms with Crippen LogP contribution in [0.25, 0.3) is 0 Å². The van der Waals surface area contributed by atoms with Crippen molar-refractivity contribution < 1.29 is 14.0 Å². The van der Waals surface area contributed by atoms with E-state index in [0.717, 1.165) is 18.5 Å². The molecule has 0 radical (unpaired) electrons. The zero-order chi connectivity index (χ0) is 21.1. The van der Waals surface area contributed by atoms with E-state index in [1.54, 1.807) is 36.4 Å². The first-order chi connectivity index (χ1) is 14.6. The molecule has 2 N–H and O–H groups in total. The third-order valence-electron chi connectivity index (χ3n) is 4.97. The van der Waals surface area contributed by atoms with Gasteiger partial charge in [-0.3, -0.25) is 9.59 Å². The number of allylic oxidation sites excluding steroid dienone is 3. The lowest BCUT2D eigenvalue weighted by Gasteiger charge is -2.32. The molecule has 4 rings (SSSR count). The van der Waals surface area contributed by atoms with Crippen LogP contribution in [0.3, 0.4) is 0 Å². The number of rotatable bonds is 5. The first-order valence-corrected chi connectivity index (χ1v) is 10.8. The summed E-state index contributed by atoms with van der Waals surface area (Å²) < 4.78 is 5.57. The predicted molar refractivity (Wildman–Crippen MR) is 116 cm³/mol. The van der Waals surface area contributed by atoms with E-state index in [4.69, 9.17) is 16.0 Å². The van der Waals surface area contributed by atoms with Crippen molar-refractivity contribution in [2.45, 2.75) is 25.2 Å². The van der Waals surface area contributed by atoms with Crippen LogP contribution in [0.2, 0.25) is 5.02 Å². The van der Waals surface area contributed by atoms with Crippen LogP contribution in [-0.4, -0.2) is 17.4 Å². The number of hydrogen-bond donors (Lipinski definition) is 2. The second-order valence-corrected chi connectivity index (χ2v) is 8.36. The van der Waals surface area contributed by atoms with Gasteiger partial charge in [-0.1, -0.05) is 23.4 Å². The molecule has 1 amide bonds. The Morgan fingerprint density at radius 1 is 1.30 bits per heavy atom. The van der Waals surface area contributed by atoms with E-state index in [0.29, 0.717) is 39.1 Å². The quantitative estimate of drug-likeness (QED) is 0.699. The van der Waals surface area contributed by atoms with Gasteiger partial charge in [-0.2, -0.15) is 5.26 Å². The van der Waals surface area contributed by atoms with Gasteiger partial charge in [0.1, 0.15) is 5.76 Å². The number of nitrogens with zero attached hydrogens (tertiary/aromatic N) is 1. The van der Waals surface area contributed by atoms with Crippen LogP contribution >= 0.6 is 23.4 Å². The zero-order valence-corrected chi connectivity index (χ0v) is 17.5. The molecule has 0 unspecified atom stereocenters. The average Bonchev–Trinajstić information content (AvgIpc) is 3.27. The van der Waals surface area contributed by atoms with Gasteiger partial charge in [0.2, 0.25) is 5.91 Å². The van der Waals surface area contributed by atoms with Gasteiger partial charge in [0, 0.05) is 28.4 Å². The van der Waals surface area contributed by atoms with Crippen molar-refractivity contribution in [3.63, 3.8) is 0 Å². The molecule has 0 saturated heterocycles. The molecule has 2 aliphatic rings. The lowest BCUT2D eigenvalue weighted by molar-refractivity contribution is -0.116. The topological polar surface area (TPSA) is 95.1 Å².